The van der Waals surface area contributed by atoms with Crippen molar-refractivity contribution >= 4 is 56.8 Å². The number of amides is 3. The van der Waals surface area contributed by atoms with Gasteiger partial charge in [-0.3, -0.25) is 14.4 Å². The van der Waals surface area contributed by atoms with Crippen LogP contribution in [-0.2, 0) is 14.4 Å². The molecule has 2 aromatic rings. The number of rotatable bonds is 13. The Hall–Kier alpha value is -3.08. The third kappa shape index (κ3) is 5.85. The molecule has 8 nitrogen and oxygen atoms in total. The van der Waals surface area contributed by atoms with Gasteiger partial charge in [-0.1, -0.05) is 60.1 Å². The number of thioether (sulfide) groups is 1. The normalized spacial score (nSPS) is 27.3. The molecule has 240 valence electrons. The van der Waals surface area contributed by atoms with Gasteiger partial charge >= 0.3 is 0 Å². The Morgan fingerprint density at radius 1 is 1.07 bits per heavy atom. The summed E-state index contributed by atoms with van der Waals surface area (Å²) in [5, 5.41) is 10.5. The number of halogens is 1. The number of hydrogen-bond acceptors (Lipinski definition) is 6. The number of fused-ring (bicyclic) bond motifs is 1. The minimum absolute atomic E-state index is 0.0800. The second kappa shape index (κ2) is 13.7. The highest BCUT2D eigenvalue weighted by atomic mass is 79.9. The minimum Gasteiger partial charge on any atom is -0.497 e. The smallest absolute Gasteiger partial charge is 0.251 e. The SMILES string of the molecule is C=CCN(C(=O)C1N([C@@H](CO)CC(C)C)C(=O)[C@@H]2[C@@H](C(=O)N(CC=C)c3ccccc3)[C@@H]3SC12CC3Br)c1ccc(OC)cc1. The second-order valence-electron chi connectivity index (χ2n) is 12.4. The zero-order chi connectivity index (χ0) is 32.5. The Labute approximate surface area is 278 Å². The average molecular weight is 697 g/mol. The number of hydrogen-bond donors (Lipinski definition) is 1. The van der Waals surface area contributed by atoms with E-state index in [1.165, 1.54) is 0 Å². The van der Waals surface area contributed by atoms with E-state index in [2.05, 4.69) is 29.1 Å². The van der Waals surface area contributed by atoms with Crippen molar-refractivity contribution in [2.75, 3.05) is 36.6 Å². The first-order valence-electron chi connectivity index (χ1n) is 15.4. The van der Waals surface area contributed by atoms with Gasteiger partial charge in [0.05, 0.1) is 36.3 Å². The van der Waals surface area contributed by atoms with E-state index in [1.54, 1.807) is 57.9 Å². The largest absolute Gasteiger partial charge is 0.497 e. The van der Waals surface area contributed by atoms with Crippen molar-refractivity contribution in [3.8, 4) is 5.75 Å². The van der Waals surface area contributed by atoms with Gasteiger partial charge < -0.3 is 24.5 Å². The maximum Gasteiger partial charge on any atom is 0.251 e. The molecule has 7 atom stereocenters. The minimum atomic E-state index is -0.884. The monoisotopic (exact) mass is 695 g/mol. The lowest BCUT2D eigenvalue weighted by Gasteiger charge is -2.40. The van der Waals surface area contributed by atoms with Gasteiger partial charge in [-0.15, -0.1) is 24.9 Å². The summed E-state index contributed by atoms with van der Waals surface area (Å²) in [6.45, 7) is 12.1. The van der Waals surface area contributed by atoms with Gasteiger partial charge in [0.15, 0.2) is 0 Å². The van der Waals surface area contributed by atoms with E-state index in [0.29, 0.717) is 30.8 Å². The van der Waals surface area contributed by atoms with Crippen molar-refractivity contribution < 1.29 is 24.2 Å². The van der Waals surface area contributed by atoms with Crippen LogP contribution >= 0.6 is 27.7 Å². The van der Waals surface area contributed by atoms with Crippen LogP contribution in [-0.4, -0.2) is 81.4 Å². The van der Waals surface area contributed by atoms with Crippen molar-refractivity contribution in [1.29, 1.82) is 0 Å². The summed E-state index contributed by atoms with van der Waals surface area (Å²) in [6.07, 6.45) is 4.43. The molecule has 0 saturated carbocycles. The average Bonchev–Trinajstić information content (AvgIpc) is 3.64. The van der Waals surface area contributed by atoms with E-state index in [4.69, 9.17) is 4.74 Å². The Bertz CT molecular complexity index is 1420. The molecule has 1 N–H and O–H groups in total. The summed E-state index contributed by atoms with van der Waals surface area (Å²) in [6, 6.07) is 15.2. The fourth-order valence-corrected chi connectivity index (χ4v) is 11.0. The van der Waals surface area contributed by atoms with Crippen molar-refractivity contribution in [3.05, 3.63) is 79.9 Å². The molecule has 2 bridgehead atoms. The van der Waals surface area contributed by atoms with Crippen molar-refractivity contribution in [3.63, 3.8) is 0 Å². The van der Waals surface area contributed by atoms with E-state index in [0.717, 1.165) is 5.69 Å². The Morgan fingerprint density at radius 2 is 1.67 bits per heavy atom. The van der Waals surface area contributed by atoms with Crippen molar-refractivity contribution in [1.82, 2.24) is 4.90 Å². The third-order valence-electron chi connectivity index (χ3n) is 9.20. The second-order valence-corrected chi connectivity index (χ2v) is 15.1. The van der Waals surface area contributed by atoms with Crippen LogP contribution in [0.1, 0.15) is 26.7 Å². The standard InChI is InChI=1S/C35H42BrN3O5S/c1-6-17-37(23-11-9-8-10-12-23)32(41)28-29-33(42)39(25(21-40)19-22(3)4)31(35(29)20-27(36)30(28)45-35)34(43)38(18-7-2)24-13-15-26(44-5)16-14-24/h6-16,22,25,27-31,40H,1-2,17-21H2,3-5H3/t25-,27?,28-,29+,30-,31?,35?/m1/s1. The molecule has 3 saturated heterocycles. The predicted octanol–water partition coefficient (Wildman–Crippen LogP) is 5.31. The van der Waals surface area contributed by atoms with Crippen molar-refractivity contribution in [2.24, 2.45) is 17.8 Å². The van der Waals surface area contributed by atoms with Crippen LogP contribution in [0.3, 0.4) is 0 Å². The number of carbonyl (C=O) groups excluding carboxylic acids is 3. The van der Waals surface area contributed by atoms with Crippen LogP contribution in [0, 0.1) is 17.8 Å². The number of alkyl halides is 1. The summed E-state index contributed by atoms with van der Waals surface area (Å²) in [5.41, 5.74) is 1.38. The highest BCUT2D eigenvalue weighted by Crippen LogP contribution is 2.68. The van der Waals surface area contributed by atoms with Gasteiger partial charge in [0.2, 0.25) is 11.8 Å². The lowest BCUT2D eigenvalue weighted by molar-refractivity contribution is -0.142. The summed E-state index contributed by atoms with van der Waals surface area (Å²) < 4.78 is 4.48. The van der Waals surface area contributed by atoms with Crippen molar-refractivity contribution in [2.45, 2.75) is 53.6 Å². The molecule has 0 radical (unpaired) electrons. The van der Waals surface area contributed by atoms with Crippen LogP contribution in [0.2, 0.25) is 0 Å². The Balaban J connectivity index is 1.62. The molecule has 1 spiro atoms. The number of benzene rings is 2. The number of anilines is 2. The van der Waals surface area contributed by atoms with Gasteiger partial charge in [0, 0.05) is 34.5 Å². The Morgan fingerprint density at radius 3 is 2.22 bits per heavy atom. The zero-order valence-corrected chi connectivity index (χ0v) is 28.5. The molecule has 45 heavy (non-hydrogen) atoms. The van der Waals surface area contributed by atoms with E-state index in [9.17, 15) is 19.5 Å². The van der Waals surface area contributed by atoms with Crippen LogP contribution in [0.15, 0.2) is 79.9 Å². The number of likely N-dealkylation sites (tertiary alicyclic amines) is 1. The first kappa shape index (κ1) is 33.3. The fraction of sp³-hybridized carbons (Fsp3) is 0.457. The maximum atomic E-state index is 15.0. The Kier molecular flexibility index (Phi) is 10.2. The predicted molar refractivity (Wildman–Crippen MR) is 184 cm³/mol. The third-order valence-corrected chi connectivity index (χ3v) is 12.4. The van der Waals surface area contributed by atoms with Gasteiger partial charge in [-0.25, -0.2) is 0 Å². The maximum absolute atomic E-state index is 15.0. The summed E-state index contributed by atoms with van der Waals surface area (Å²) >= 11 is 5.47. The molecule has 3 amide bonds. The van der Waals surface area contributed by atoms with Gasteiger partial charge in [-0.05, 0) is 55.2 Å². The number of ether oxygens (including phenoxy) is 1. The highest BCUT2D eigenvalue weighted by molar-refractivity contribution is 9.09. The van der Waals surface area contributed by atoms with Crippen LogP contribution in [0.25, 0.3) is 0 Å². The summed E-state index contributed by atoms with van der Waals surface area (Å²) in [7, 11) is 1.59. The molecule has 3 fully saturated rings. The van der Waals surface area contributed by atoms with E-state index in [1.807, 2.05) is 56.3 Å². The van der Waals surface area contributed by atoms with Crippen LogP contribution in [0.4, 0.5) is 11.4 Å². The lowest BCUT2D eigenvalue weighted by atomic mass is 9.70. The molecule has 3 heterocycles. The zero-order valence-electron chi connectivity index (χ0n) is 26.1. The quantitative estimate of drug-likeness (QED) is 0.226. The molecule has 2 aromatic carbocycles. The van der Waals surface area contributed by atoms with E-state index < -0.39 is 28.7 Å². The fourth-order valence-electron chi connectivity index (χ4n) is 7.44. The molecule has 5 rings (SSSR count). The number of carbonyl (C=O) groups is 3. The van der Waals surface area contributed by atoms with E-state index >= 15 is 0 Å². The molecule has 0 aliphatic carbocycles. The molecule has 3 aliphatic rings. The topological polar surface area (TPSA) is 90.4 Å². The van der Waals surface area contributed by atoms with Gasteiger partial charge in [0.25, 0.3) is 5.91 Å². The van der Waals surface area contributed by atoms with Crippen LogP contribution < -0.4 is 14.5 Å². The van der Waals surface area contributed by atoms with Crippen LogP contribution in [0.5, 0.6) is 5.75 Å². The number of methoxy groups -OCH3 is 1. The molecule has 3 unspecified atom stereocenters. The molecule has 10 heteroatoms. The summed E-state index contributed by atoms with van der Waals surface area (Å²) in [5.74, 6) is -1.19. The summed E-state index contributed by atoms with van der Waals surface area (Å²) in [4.78, 5) is 49.2. The highest BCUT2D eigenvalue weighted by Gasteiger charge is 2.76. The van der Waals surface area contributed by atoms with E-state index in [-0.39, 0.29) is 46.9 Å². The molecular formula is C35H42BrN3O5S. The number of para-hydroxylation sites is 1. The molecule has 3 aliphatic heterocycles. The number of aliphatic hydroxyl groups is 1. The number of aliphatic hydroxyl groups excluding tert-OH is 1. The first-order chi connectivity index (χ1) is 21.6. The van der Waals surface area contributed by atoms with Gasteiger partial charge in [0.1, 0.15) is 11.8 Å². The first-order valence-corrected chi connectivity index (χ1v) is 17.2. The molecular weight excluding hydrogens is 654 g/mol. The lowest BCUT2D eigenvalue weighted by Crippen LogP contribution is -2.58. The number of nitrogens with zero attached hydrogens (tertiary/aromatic N) is 3. The van der Waals surface area contributed by atoms with Gasteiger partial charge in [-0.2, -0.15) is 0 Å². The molecule has 0 aromatic heterocycles.